The third-order valence-electron chi connectivity index (χ3n) is 4.13. The fraction of sp³-hybridized carbons (Fsp3) is 0.333. The molecule has 7 heteroatoms. The Kier molecular flexibility index (Phi) is 8.27. The van der Waals surface area contributed by atoms with Gasteiger partial charge in [0.25, 0.3) is 0 Å². The average molecular weight is 386 g/mol. The van der Waals surface area contributed by atoms with Crippen molar-refractivity contribution >= 4 is 11.9 Å². The topological polar surface area (TPSA) is 66.0 Å². The van der Waals surface area contributed by atoms with E-state index in [1.54, 1.807) is 33.3 Å². The van der Waals surface area contributed by atoms with Crippen LogP contribution in [0.5, 0.6) is 5.75 Å². The first-order chi connectivity index (χ1) is 13.5. The zero-order valence-corrected chi connectivity index (χ0v) is 16.5. The number of ether oxygens (including phenoxy) is 1. The molecule has 0 unspecified atom stereocenters. The summed E-state index contributed by atoms with van der Waals surface area (Å²) in [6.45, 7) is 1.06. The lowest BCUT2D eigenvalue weighted by Crippen LogP contribution is -2.43. The van der Waals surface area contributed by atoms with Crippen molar-refractivity contribution in [2.24, 2.45) is 4.99 Å². The van der Waals surface area contributed by atoms with Gasteiger partial charge in [-0.25, -0.2) is 9.38 Å². The molecule has 0 atom stereocenters. The average Bonchev–Trinajstić information content (AvgIpc) is 2.71. The number of aliphatic imine (C=N–C) groups is 1. The summed E-state index contributed by atoms with van der Waals surface area (Å²) in [5.74, 6) is 0.998. The van der Waals surface area contributed by atoms with Gasteiger partial charge in [-0.15, -0.1) is 0 Å². The molecule has 0 heterocycles. The Balaban J connectivity index is 1.98. The zero-order valence-electron chi connectivity index (χ0n) is 16.5. The van der Waals surface area contributed by atoms with Crippen LogP contribution in [0.15, 0.2) is 53.5 Å². The summed E-state index contributed by atoms with van der Waals surface area (Å²) >= 11 is 0. The number of carbonyl (C=O) groups excluding carboxylic acids is 1. The molecule has 2 N–H and O–H groups in total. The van der Waals surface area contributed by atoms with Crippen molar-refractivity contribution in [2.75, 3.05) is 34.3 Å². The van der Waals surface area contributed by atoms with E-state index in [0.717, 1.165) is 11.3 Å². The van der Waals surface area contributed by atoms with Crippen LogP contribution in [0.3, 0.4) is 0 Å². The third kappa shape index (κ3) is 6.90. The van der Waals surface area contributed by atoms with Crippen LogP contribution < -0.4 is 15.4 Å². The van der Waals surface area contributed by atoms with Gasteiger partial charge in [-0.2, -0.15) is 0 Å². The highest BCUT2D eigenvalue weighted by Crippen LogP contribution is 2.12. The van der Waals surface area contributed by atoms with E-state index in [1.165, 1.54) is 11.0 Å². The van der Waals surface area contributed by atoms with E-state index >= 15 is 0 Å². The maximum atomic E-state index is 13.8. The predicted octanol–water partition coefficient (Wildman–Crippen LogP) is 2.20. The van der Waals surface area contributed by atoms with E-state index in [4.69, 9.17) is 4.74 Å². The molecule has 0 aliphatic heterocycles. The number of guanidine groups is 1. The van der Waals surface area contributed by atoms with E-state index in [1.807, 2.05) is 30.3 Å². The first-order valence-corrected chi connectivity index (χ1v) is 9.08. The number of halogens is 1. The van der Waals surface area contributed by atoms with Crippen LogP contribution in [0, 0.1) is 5.82 Å². The summed E-state index contributed by atoms with van der Waals surface area (Å²) in [5.41, 5.74) is 1.64. The predicted molar refractivity (Wildman–Crippen MR) is 109 cm³/mol. The van der Waals surface area contributed by atoms with Crippen molar-refractivity contribution in [3.05, 3.63) is 65.5 Å². The van der Waals surface area contributed by atoms with Crippen LogP contribution >= 0.6 is 0 Å². The Bertz CT molecular complexity index is 791. The van der Waals surface area contributed by atoms with E-state index in [2.05, 4.69) is 15.6 Å². The van der Waals surface area contributed by atoms with Gasteiger partial charge in [0.1, 0.15) is 11.6 Å². The standard InChI is InChI=1S/C21H27FN4O2/c1-26(2)20(27)15-25-21(23-13-12-17-6-4-5-7-19(17)22)24-14-16-8-10-18(28-3)11-9-16/h4-11H,12-15H2,1-3H3,(H2,23,24,25). The molecule has 2 aromatic rings. The number of hydrogen-bond donors (Lipinski definition) is 2. The van der Waals surface area contributed by atoms with E-state index in [0.29, 0.717) is 31.0 Å². The number of rotatable bonds is 8. The molecule has 2 aromatic carbocycles. The van der Waals surface area contributed by atoms with Crippen LogP contribution in [0.25, 0.3) is 0 Å². The molecule has 0 radical (unpaired) electrons. The number of nitrogens with zero attached hydrogens (tertiary/aromatic N) is 2. The molecule has 0 spiro atoms. The van der Waals surface area contributed by atoms with Gasteiger partial charge in [-0.05, 0) is 35.7 Å². The van der Waals surface area contributed by atoms with E-state index in [9.17, 15) is 9.18 Å². The van der Waals surface area contributed by atoms with Crippen LogP contribution in [-0.4, -0.2) is 51.1 Å². The van der Waals surface area contributed by atoms with E-state index < -0.39 is 0 Å². The molecule has 0 aliphatic rings. The number of hydrogen-bond acceptors (Lipinski definition) is 3. The van der Waals surface area contributed by atoms with Gasteiger partial charge in [0, 0.05) is 20.6 Å². The fourth-order valence-electron chi connectivity index (χ4n) is 2.41. The molecular weight excluding hydrogens is 359 g/mol. The molecular formula is C21H27FN4O2. The molecule has 1 amide bonds. The first-order valence-electron chi connectivity index (χ1n) is 9.08. The van der Waals surface area contributed by atoms with Crippen LogP contribution in [0.4, 0.5) is 4.39 Å². The van der Waals surface area contributed by atoms with Crippen molar-refractivity contribution in [3.8, 4) is 5.75 Å². The Labute approximate surface area is 165 Å². The number of methoxy groups -OCH3 is 1. The molecule has 0 aliphatic carbocycles. The highest BCUT2D eigenvalue weighted by atomic mass is 19.1. The number of nitrogens with one attached hydrogen (secondary N) is 2. The van der Waals surface area contributed by atoms with Crippen LogP contribution in [-0.2, 0) is 17.8 Å². The molecule has 6 nitrogen and oxygen atoms in total. The lowest BCUT2D eigenvalue weighted by atomic mass is 10.1. The van der Waals surface area contributed by atoms with Crippen molar-refractivity contribution in [2.45, 2.75) is 13.0 Å². The molecule has 150 valence electrons. The van der Waals surface area contributed by atoms with Crippen molar-refractivity contribution in [1.29, 1.82) is 0 Å². The lowest BCUT2D eigenvalue weighted by Gasteiger charge is -2.15. The molecule has 0 saturated heterocycles. The molecule has 2 rings (SSSR count). The second-order valence-corrected chi connectivity index (χ2v) is 6.42. The second-order valence-electron chi connectivity index (χ2n) is 6.42. The quantitative estimate of drug-likeness (QED) is 0.539. The highest BCUT2D eigenvalue weighted by molar-refractivity contribution is 5.86. The molecule has 0 fully saturated rings. The van der Waals surface area contributed by atoms with E-state index in [-0.39, 0.29) is 18.3 Å². The molecule has 28 heavy (non-hydrogen) atoms. The van der Waals surface area contributed by atoms with Crippen molar-refractivity contribution in [3.63, 3.8) is 0 Å². The lowest BCUT2D eigenvalue weighted by molar-refractivity contribution is -0.127. The summed E-state index contributed by atoms with van der Waals surface area (Å²) in [7, 11) is 5.02. The molecule has 0 bridgehead atoms. The fourth-order valence-corrected chi connectivity index (χ4v) is 2.41. The SMILES string of the molecule is COc1ccc(CN=C(NCCc2ccccc2F)NCC(=O)N(C)C)cc1. The highest BCUT2D eigenvalue weighted by Gasteiger charge is 2.07. The van der Waals surface area contributed by atoms with Gasteiger partial charge in [0.15, 0.2) is 5.96 Å². The van der Waals surface area contributed by atoms with Gasteiger partial charge in [-0.1, -0.05) is 30.3 Å². The number of amides is 1. The maximum Gasteiger partial charge on any atom is 0.241 e. The summed E-state index contributed by atoms with van der Waals surface area (Å²) in [6.07, 6.45) is 0.511. The third-order valence-corrected chi connectivity index (χ3v) is 4.13. The monoisotopic (exact) mass is 386 g/mol. The minimum atomic E-state index is -0.225. The van der Waals surface area contributed by atoms with Gasteiger partial charge >= 0.3 is 0 Å². The van der Waals surface area contributed by atoms with Gasteiger partial charge in [-0.3, -0.25) is 4.79 Å². The first kappa shape index (κ1) is 21.2. The van der Waals surface area contributed by atoms with Crippen molar-refractivity contribution < 1.29 is 13.9 Å². The van der Waals surface area contributed by atoms with Gasteiger partial charge in [0.2, 0.25) is 5.91 Å². The Morgan fingerprint density at radius 3 is 2.46 bits per heavy atom. The van der Waals surface area contributed by atoms with Crippen molar-refractivity contribution in [1.82, 2.24) is 15.5 Å². The summed E-state index contributed by atoms with van der Waals surface area (Å²) in [5, 5.41) is 6.18. The normalized spacial score (nSPS) is 11.1. The van der Waals surface area contributed by atoms with Crippen LogP contribution in [0.2, 0.25) is 0 Å². The summed E-state index contributed by atoms with van der Waals surface area (Å²) < 4.78 is 18.9. The van der Waals surface area contributed by atoms with Gasteiger partial charge < -0.3 is 20.3 Å². The second kappa shape index (κ2) is 10.9. The van der Waals surface area contributed by atoms with Crippen LogP contribution in [0.1, 0.15) is 11.1 Å². The van der Waals surface area contributed by atoms with Gasteiger partial charge in [0.05, 0.1) is 20.2 Å². The smallest absolute Gasteiger partial charge is 0.241 e. The Hall–Kier alpha value is -3.09. The Morgan fingerprint density at radius 1 is 1.11 bits per heavy atom. The number of carbonyl (C=O) groups is 1. The largest absolute Gasteiger partial charge is 0.497 e. The summed E-state index contributed by atoms with van der Waals surface area (Å²) in [6, 6.07) is 14.3. The Morgan fingerprint density at radius 2 is 1.82 bits per heavy atom. The minimum absolute atomic E-state index is 0.0620. The maximum absolute atomic E-state index is 13.8. The minimum Gasteiger partial charge on any atom is -0.497 e. The summed E-state index contributed by atoms with van der Waals surface area (Å²) in [4.78, 5) is 17.9. The zero-order chi connectivity index (χ0) is 20.4. The molecule has 0 aromatic heterocycles. The number of likely N-dealkylation sites (N-methyl/N-ethyl adjacent to an activating group) is 1. The number of benzene rings is 2. The molecule has 0 saturated carbocycles.